The number of hydrogen-bond acceptors (Lipinski definition) is 3. The molecule has 0 saturated carbocycles. The lowest BCUT2D eigenvalue weighted by molar-refractivity contribution is 0.0526. The van der Waals surface area contributed by atoms with E-state index in [-0.39, 0.29) is 5.82 Å². The second-order valence-electron chi connectivity index (χ2n) is 3.88. The van der Waals surface area contributed by atoms with Crippen molar-refractivity contribution in [1.82, 2.24) is 9.78 Å². The number of ether oxygens (including phenoxy) is 1. The standard InChI is InChI=1S/C13H12ClFN2O2/c1-2-19-13(18)10-6-16-17(8-10)7-9-3-4-11(15)5-12(9)14/h3-6,8H,2,7H2,1H3. The Morgan fingerprint density at radius 3 is 3.00 bits per heavy atom. The Kier molecular flexibility index (Phi) is 4.16. The topological polar surface area (TPSA) is 44.1 Å². The van der Waals surface area contributed by atoms with Crippen LogP contribution in [0.1, 0.15) is 22.8 Å². The van der Waals surface area contributed by atoms with Crippen molar-refractivity contribution in [2.75, 3.05) is 6.61 Å². The Hall–Kier alpha value is -1.88. The van der Waals surface area contributed by atoms with Gasteiger partial charge in [-0.15, -0.1) is 0 Å². The van der Waals surface area contributed by atoms with Crippen molar-refractivity contribution in [3.63, 3.8) is 0 Å². The van der Waals surface area contributed by atoms with Gasteiger partial charge in [0.15, 0.2) is 0 Å². The minimum absolute atomic E-state index is 0.313. The molecule has 0 fully saturated rings. The maximum absolute atomic E-state index is 12.9. The Morgan fingerprint density at radius 1 is 1.53 bits per heavy atom. The molecule has 0 radical (unpaired) electrons. The average molecular weight is 283 g/mol. The molecule has 100 valence electrons. The number of carbonyl (C=O) groups is 1. The van der Waals surface area contributed by atoms with Crippen LogP contribution >= 0.6 is 11.6 Å². The SMILES string of the molecule is CCOC(=O)c1cnn(Cc2ccc(F)cc2Cl)c1. The number of hydrogen-bond donors (Lipinski definition) is 0. The first-order chi connectivity index (χ1) is 9.10. The van der Waals surface area contributed by atoms with Gasteiger partial charge in [-0.25, -0.2) is 9.18 Å². The van der Waals surface area contributed by atoms with E-state index in [1.54, 1.807) is 23.9 Å². The van der Waals surface area contributed by atoms with Crippen molar-refractivity contribution < 1.29 is 13.9 Å². The summed E-state index contributed by atoms with van der Waals surface area (Å²) in [5, 5.41) is 4.37. The van der Waals surface area contributed by atoms with Gasteiger partial charge < -0.3 is 4.74 Å². The van der Waals surface area contributed by atoms with Crippen LogP contribution in [0.2, 0.25) is 5.02 Å². The first kappa shape index (κ1) is 13.5. The zero-order chi connectivity index (χ0) is 13.8. The van der Waals surface area contributed by atoms with Crippen LogP contribution in [-0.2, 0) is 11.3 Å². The monoisotopic (exact) mass is 282 g/mol. The molecule has 4 nitrogen and oxygen atoms in total. The first-order valence-corrected chi connectivity index (χ1v) is 6.11. The summed E-state index contributed by atoms with van der Waals surface area (Å²) in [6.45, 7) is 2.41. The van der Waals surface area contributed by atoms with Crippen molar-refractivity contribution in [1.29, 1.82) is 0 Å². The molecule has 0 aliphatic heterocycles. The highest BCUT2D eigenvalue weighted by molar-refractivity contribution is 6.31. The molecule has 0 amide bonds. The van der Waals surface area contributed by atoms with E-state index in [9.17, 15) is 9.18 Å². The Labute approximate surface area is 114 Å². The third-order valence-electron chi connectivity index (χ3n) is 2.49. The molecule has 0 atom stereocenters. The lowest BCUT2D eigenvalue weighted by Gasteiger charge is -2.04. The fourth-order valence-corrected chi connectivity index (χ4v) is 1.82. The fourth-order valence-electron chi connectivity index (χ4n) is 1.59. The number of esters is 1. The third kappa shape index (κ3) is 3.32. The Balaban J connectivity index is 2.13. The minimum atomic E-state index is -0.418. The number of rotatable bonds is 4. The van der Waals surface area contributed by atoms with Crippen LogP contribution in [0.25, 0.3) is 0 Å². The summed E-state index contributed by atoms with van der Waals surface area (Å²) in [4.78, 5) is 11.5. The smallest absolute Gasteiger partial charge is 0.341 e. The van der Waals surface area contributed by atoms with Crippen LogP contribution in [0.4, 0.5) is 4.39 Å². The average Bonchev–Trinajstić information content (AvgIpc) is 2.82. The highest BCUT2D eigenvalue weighted by Gasteiger charge is 2.10. The van der Waals surface area contributed by atoms with Crippen LogP contribution in [0.5, 0.6) is 0 Å². The van der Waals surface area contributed by atoms with Gasteiger partial charge in [-0.1, -0.05) is 17.7 Å². The molecule has 0 spiro atoms. The molecular weight excluding hydrogens is 271 g/mol. The van der Waals surface area contributed by atoms with E-state index in [2.05, 4.69) is 5.10 Å². The molecule has 2 rings (SSSR count). The summed E-state index contributed by atoms with van der Waals surface area (Å²) < 4.78 is 19.3. The molecule has 1 heterocycles. The van der Waals surface area contributed by atoms with E-state index in [0.717, 1.165) is 5.56 Å². The number of benzene rings is 1. The van der Waals surface area contributed by atoms with Crippen molar-refractivity contribution in [2.45, 2.75) is 13.5 Å². The predicted molar refractivity (Wildman–Crippen MR) is 68.7 cm³/mol. The maximum Gasteiger partial charge on any atom is 0.341 e. The molecule has 0 aliphatic rings. The summed E-state index contributed by atoms with van der Waals surface area (Å²) >= 11 is 5.93. The van der Waals surface area contributed by atoms with Crippen LogP contribution in [0.15, 0.2) is 30.6 Å². The lowest BCUT2D eigenvalue weighted by atomic mass is 10.2. The van der Waals surface area contributed by atoms with Gasteiger partial charge in [-0.3, -0.25) is 4.68 Å². The highest BCUT2D eigenvalue weighted by Crippen LogP contribution is 2.18. The van der Waals surface area contributed by atoms with E-state index in [0.29, 0.717) is 23.7 Å². The summed E-state index contributed by atoms with van der Waals surface area (Å²) in [7, 11) is 0. The van der Waals surface area contributed by atoms with Gasteiger partial charge in [0.2, 0.25) is 0 Å². The number of aromatic nitrogens is 2. The molecule has 1 aromatic heterocycles. The quantitative estimate of drug-likeness (QED) is 0.810. The largest absolute Gasteiger partial charge is 0.462 e. The van der Waals surface area contributed by atoms with Gasteiger partial charge in [0.05, 0.1) is 24.9 Å². The van der Waals surface area contributed by atoms with Gasteiger partial charge in [0.25, 0.3) is 0 Å². The zero-order valence-corrected chi connectivity index (χ0v) is 11.0. The number of carbonyl (C=O) groups excluding carboxylic acids is 1. The lowest BCUT2D eigenvalue weighted by Crippen LogP contribution is -2.04. The second kappa shape index (κ2) is 5.84. The van der Waals surface area contributed by atoms with E-state index in [1.807, 2.05) is 0 Å². The van der Waals surface area contributed by atoms with E-state index in [1.165, 1.54) is 18.3 Å². The van der Waals surface area contributed by atoms with E-state index >= 15 is 0 Å². The van der Waals surface area contributed by atoms with Crippen LogP contribution in [0.3, 0.4) is 0 Å². The number of nitrogens with zero attached hydrogens (tertiary/aromatic N) is 2. The van der Waals surface area contributed by atoms with Gasteiger partial charge in [-0.2, -0.15) is 5.10 Å². The predicted octanol–water partition coefficient (Wildman–Crippen LogP) is 2.90. The molecule has 0 saturated heterocycles. The second-order valence-corrected chi connectivity index (χ2v) is 4.29. The van der Waals surface area contributed by atoms with Crippen LogP contribution in [-0.4, -0.2) is 22.4 Å². The Bertz CT molecular complexity index is 598. The summed E-state index contributed by atoms with van der Waals surface area (Å²) in [6.07, 6.45) is 2.99. The maximum atomic E-state index is 12.9. The molecule has 1 aromatic carbocycles. The molecular formula is C13H12ClFN2O2. The minimum Gasteiger partial charge on any atom is -0.462 e. The summed E-state index contributed by atoms with van der Waals surface area (Å²) in [5.41, 5.74) is 1.10. The molecule has 0 N–H and O–H groups in total. The van der Waals surface area contributed by atoms with Crippen molar-refractivity contribution in [3.05, 3.63) is 52.6 Å². The summed E-state index contributed by atoms with van der Waals surface area (Å²) in [6, 6.07) is 4.16. The zero-order valence-electron chi connectivity index (χ0n) is 10.3. The van der Waals surface area contributed by atoms with E-state index in [4.69, 9.17) is 16.3 Å². The van der Waals surface area contributed by atoms with Crippen LogP contribution in [0, 0.1) is 5.82 Å². The molecule has 19 heavy (non-hydrogen) atoms. The van der Waals surface area contributed by atoms with Crippen molar-refractivity contribution in [3.8, 4) is 0 Å². The number of halogens is 2. The molecule has 2 aromatic rings. The first-order valence-electron chi connectivity index (χ1n) is 5.73. The third-order valence-corrected chi connectivity index (χ3v) is 2.84. The van der Waals surface area contributed by atoms with Crippen molar-refractivity contribution in [2.24, 2.45) is 0 Å². The van der Waals surface area contributed by atoms with Gasteiger partial charge in [0.1, 0.15) is 5.82 Å². The van der Waals surface area contributed by atoms with Crippen molar-refractivity contribution >= 4 is 17.6 Å². The van der Waals surface area contributed by atoms with Gasteiger partial charge in [0, 0.05) is 11.2 Å². The molecule has 6 heteroatoms. The summed E-state index contributed by atoms with van der Waals surface area (Å²) in [5.74, 6) is -0.805. The fraction of sp³-hybridized carbons (Fsp3) is 0.231. The molecule has 0 aliphatic carbocycles. The Morgan fingerprint density at radius 2 is 2.32 bits per heavy atom. The molecule has 0 unspecified atom stereocenters. The van der Waals surface area contributed by atoms with E-state index < -0.39 is 5.97 Å². The normalized spacial score (nSPS) is 10.5. The van der Waals surface area contributed by atoms with Gasteiger partial charge >= 0.3 is 5.97 Å². The highest BCUT2D eigenvalue weighted by atomic mass is 35.5. The van der Waals surface area contributed by atoms with Gasteiger partial charge in [-0.05, 0) is 24.6 Å². The molecule has 0 bridgehead atoms. The van der Waals surface area contributed by atoms with Crippen LogP contribution < -0.4 is 0 Å².